The van der Waals surface area contributed by atoms with Crippen LogP contribution in [0.1, 0.15) is 44.6 Å². The lowest BCUT2D eigenvalue weighted by Crippen LogP contribution is -2.45. The molecule has 128 valence electrons. The van der Waals surface area contributed by atoms with Crippen molar-refractivity contribution in [2.45, 2.75) is 39.0 Å². The monoisotopic (exact) mass is 318 g/mol. The van der Waals surface area contributed by atoms with Crippen LogP contribution in [0.15, 0.2) is 30.8 Å². The van der Waals surface area contributed by atoms with Gasteiger partial charge in [0.15, 0.2) is 0 Å². The summed E-state index contributed by atoms with van der Waals surface area (Å²) >= 11 is 0. The summed E-state index contributed by atoms with van der Waals surface area (Å²) in [5.74, 6) is 0.937. The molecular weight excluding hydrogens is 288 g/mol. The van der Waals surface area contributed by atoms with Crippen LogP contribution in [-0.4, -0.2) is 33.0 Å². The third-order valence-electron chi connectivity index (χ3n) is 4.54. The average Bonchev–Trinajstić information content (AvgIpc) is 2.56. The zero-order valence-corrected chi connectivity index (χ0v) is 14.4. The van der Waals surface area contributed by atoms with E-state index in [0.29, 0.717) is 5.41 Å². The Morgan fingerprint density at radius 3 is 2.35 bits per heavy atom. The molecule has 1 aromatic rings. The molecule has 0 unspecified atom stereocenters. The summed E-state index contributed by atoms with van der Waals surface area (Å²) in [6.07, 6.45) is 7.61. The van der Waals surface area contributed by atoms with E-state index in [2.05, 4.69) is 13.5 Å². The molecule has 0 saturated carbocycles. The van der Waals surface area contributed by atoms with Gasteiger partial charge in [0.1, 0.15) is 5.75 Å². The second kappa shape index (κ2) is 9.74. The minimum absolute atomic E-state index is 0.314. The lowest BCUT2D eigenvalue weighted by molar-refractivity contribution is -0.150. The van der Waals surface area contributed by atoms with Crippen LogP contribution >= 0.6 is 0 Å². The summed E-state index contributed by atoms with van der Waals surface area (Å²) in [5.41, 5.74) is 1.44. The van der Waals surface area contributed by atoms with Gasteiger partial charge in [-0.1, -0.05) is 38.1 Å². The average molecular weight is 318 g/mol. The number of benzene rings is 1. The van der Waals surface area contributed by atoms with Gasteiger partial charge in [0.05, 0.1) is 26.4 Å². The van der Waals surface area contributed by atoms with Gasteiger partial charge in [-0.25, -0.2) is 0 Å². The van der Waals surface area contributed by atoms with E-state index in [9.17, 15) is 0 Å². The molecule has 2 rings (SSSR count). The Balaban J connectivity index is 1.42. The maximum atomic E-state index is 5.81. The van der Waals surface area contributed by atoms with Crippen LogP contribution in [0.3, 0.4) is 0 Å². The van der Waals surface area contributed by atoms with E-state index in [-0.39, 0.29) is 0 Å². The van der Waals surface area contributed by atoms with Crippen LogP contribution in [0.4, 0.5) is 0 Å². The van der Waals surface area contributed by atoms with Crippen LogP contribution < -0.4 is 4.74 Å². The van der Waals surface area contributed by atoms with Crippen molar-refractivity contribution in [1.82, 2.24) is 0 Å². The predicted molar refractivity (Wildman–Crippen MR) is 94.9 cm³/mol. The van der Waals surface area contributed by atoms with Crippen molar-refractivity contribution in [3.8, 4) is 5.75 Å². The van der Waals surface area contributed by atoms with Crippen LogP contribution in [0, 0.1) is 5.41 Å². The summed E-state index contributed by atoms with van der Waals surface area (Å²) in [5, 5.41) is 0. The summed E-state index contributed by atoms with van der Waals surface area (Å²) in [6, 6.07) is 8.04. The lowest BCUT2D eigenvalue weighted by atomic mass is 9.84. The van der Waals surface area contributed by atoms with Crippen LogP contribution in [-0.2, 0) is 9.47 Å². The Kier molecular flexibility index (Phi) is 7.63. The molecule has 0 aromatic heterocycles. The Labute approximate surface area is 140 Å². The largest absolute Gasteiger partial charge is 0.494 e. The van der Waals surface area contributed by atoms with Crippen molar-refractivity contribution in [1.29, 1.82) is 0 Å². The van der Waals surface area contributed by atoms with E-state index in [4.69, 9.17) is 14.2 Å². The van der Waals surface area contributed by atoms with Gasteiger partial charge in [0.25, 0.3) is 0 Å². The fourth-order valence-electron chi connectivity index (χ4n) is 2.62. The molecule has 1 aromatic carbocycles. The van der Waals surface area contributed by atoms with Crippen molar-refractivity contribution in [3.05, 3.63) is 36.4 Å². The first kappa shape index (κ1) is 18.0. The molecule has 0 spiro atoms. The SMILES string of the molecule is C=Cc1ccc(OCCCCCCOCC2(CC)COC2)cc1. The maximum absolute atomic E-state index is 5.81. The van der Waals surface area contributed by atoms with Crippen molar-refractivity contribution < 1.29 is 14.2 Å². The molecule has 1 saturated heterocycles. The second-order valence-corrected chi connectivity index (χ2v) is 6.43. The molecule has 3 nitrogen and oxygen atoms in total. The third-order valence-corrected chi connectivity index (χ3v) is 4.54. The summed E-state index contributed by atoms with van der Waals surface area (Å²) < 4.78 is 16.8. The summed E-state index contributed by atoms with van der Waals surface area (Å²) in [4.78, 5) is 0. The quantitative estimate of drug-likeness (QED) is 0.522. The highest BCUT2D eigenvalue weighted by Gasteiger charge is 2.36. The van der Waals surface area contributed by atoms with Gasteiger partial charge >= 0.3 is 0 Å². The van der Waals surface area contributed by atoms with Gasteiger partial charge in [0.2, 0.25) is 0 Å². The molecule has 0 N–H and O–H groups in total. The number of hydrogen-bond donors (Lipinski definition) is 0. The topological polar surface area (TPSA) is 27.7 Å². The molecule has 23 heavy (non-hydrogen) atoms. The summed E-state index contributed by atoms with van der Waals surface area (Å²) in [6.45, 7) is 10.2. The predicted octanol–water partition coefficient (Wildman–Crippen LogP) is 4.71. The number of unbranched alkanes of at least 4 members (excludes halogenated alkanes) is 3. The zero-order chi connectivity index (χ0) is 16.4. The van der Waals surface area contributed by atoms with Gasteiger partial charge in [-0.3, -0.25) is 0 Å². The van der Waals surface area contributed by atoms with Crippen molar-refractivity contribution in [2.24, 2.45) is 5.41 Å². The first-order chi connectivity index (χ1) is 11.3. The Morgan fingerprint density at radius 2 is 1.78 bits per heavy atom. The number of rotatable bonds is 12. The number of hydrogen-bond acceptors (Lipinski definition) is 3. The van der Waals surface area contributed by atoms with Crippen LogP contribution in [0.5, 0.6) is 5.75 Å². The Morgan fingerprint density at radius 1 is 1.09 bits per heavy atom. The van der Waals surface area contributed by atoms with Gasteiger partial charge in [-0.05, 0) is 43.4 Å². The van der Waals surface area contributed by atoms with Gasteiger partial charge in [-0.15, -0.1) is 0 Å². The highest BCUT2D eigenvalue weighted by Crippen LogP contribution is 2.31. The fourth-order valence-corrected chi connectivity index (χ4v) is 2.62. The van der Waals surface area contributed by atoms with Crippen molar-refractivity contribution in [3.63, 3.8) is 0 Å². The van der Waals surface area contributed by atoms with E-state index in [1.54, 1.807) is 0 Å². The smallest absolute Gasteiger partial charge is 0.119 e. The fraction of sp³-hybridized carbons (Fsp3) is 0.600. The van der Waals surface area contributed by atoms with Crippen molar-refractivity contribution >= 4 is 6.08 Å². The minimum atomic E-state index is 0.314. The molecule has 0 atom stereocenters. The van der Waals surface area contributed by atoms with Crippen LogP contribution in [0.2, 0.25) is 0 Å². The van der Waals surface area contributed by atoms with Crippen molar-refractivity contribution in [2.75, 3.05) is 33.0 Å². The molecule has 0 amide bonds. The first-order valence-corrected chi connectivity index (χ1v) is 8.79. The highest BCUT2D eigenvalue weighted by molar-refractivity contribution is 5.48. The van der Waals surface area contributed by atoms with E-state index < -0.39 is 0 Å². The van der Waals surface area contributed by atoms with Crippen LogP contribution in [0.25, 0.3) is 6.08 Å². The number of ether oxygens (including phenoxy) is 3. The van der Waals surface area contributed by atoms with Gasteiger partial charge in [0, 0.05) is 12.0 Å². The first-order valence-electron chi connectivity index (χ1n) is 8.79. The normalized spacial score (nSPS) is 15.9. The van der Waals surface area contributed by atoms with E-state index >= 15 is 0 Å². The van der Waals surface area contributed by atoms with Gasteiger partial charge in [-0.2, -0.15) is 0 Å². The van der Waals surface area contributed by atoms with Gasteiger partial charge < -0.3 is 14.2 Å². The maximum Gasteiger partial charge on any atom is 0.119 e. The zero-order valence-electron chi connectivity index (χ0n) is 14.4. The molecule has 0 radical (unpaired) electrons. The molecule has 0 bridgehead atoms. The lowest BCUT2D eigenvalue weighted by Gasteiger charge is -2.40. The molecule has 1 aliphatic heterocycles. The van der Waals surface area contributed by atoms with E-state index in [0.717, 1.165) is 63.6 Å². The molecular formula is C20H30O3. The molecule has 3 heteroatoms. The Bertz CT molecular complexity index is 443. The second-order valence-electron chi connectivity index (χ2n) is 6.43. The molecule has 1 heterocycles. The highest BCUT2D eigenvalue weighted by atomic mass is 16.5. The van der Waals surface area contributed by atoms with E-state index in [1.165, 1.54) is 12.8 Å². The molecule has 0 aliphatic carbocycles. The van der Waals surface area contributed by atoms with E-state index in [1.807, 2.05) is 30.3 Å². The Hall–Kier alpha value is -1.32. The minimum Gasteiger partial charge on any atom is -0.494 e. The standard InChI is InChI=1S/C20H30O3/c1-3-18-9-11-19(12-10-18)23-14-8-6-5-7-13-21-15-20(4-2)16-22-17-20/h3,9-12H,1,4-8,13-17H2,2H3. The summed E-state index contributed by atoms with van der Waals surface area (Å²) in [7, 11) is 0. The molecule has 1 fully saturated rings. The third kappa shape index (κ3) is 6.00. The molecule has 1 aliphatic rings.